The molecule has 1 saturated carbocycles. The molecule has 0 unspecified atom stereocenters. The molecule has 1 aromatic heterocycles. The van der Waals surface area contributed by atoms with Gasteiger partial charge < -0.3 is 4.74 Å². The van der Waals surface area contributed by atoms with Gasteiger partial charge in [-0.05, 0) is 45.4 Å². The maximum Gasteiger partial charge on any atom is 0.125 e. The predicted octanol–water partition coefficient (Wildman–Crippen LogP) is 3.89. The summed E-state index contributed by atoms with van der Waals surface area (Å²) < 4.78 is 6.07. The summed E-state index contributed by atoms with van der Waals surface area (Å²) in [6.07, 6.45) is 4.79. The molecule has 0 aromatic carbocycles. The molecule has 16 heavy (non-hydrogen) atoms. The SMILES string of the molecule is CCOC1(c2nc(C)cs2)CCC(C)CC1. The molecule has 2 rings (SSSR count). The Morgan fingerprint density at radius 2 is 2.19 bits per heavy atom. The van der Waals surface area contributed by atoms with Crippen molar-refractivity contribution in [3.63, 3.8) is 0 Å². The molecule has 1 fully saturated rings. The zero-order chi connectivity index (χ0) is 11.6. The van der Waals surface area contributed by atoms with Gasteiger partial charge in [-0.1, -0.05) is 6.92 Å². The van der Waals surface area contributed by atoms with Crippen LogP contribution in [0, 0.1) is 12.8 Å². The Kier molecular flexibility index (Phi) is 3.65. The number of nitrogens with zero attached hydrogens (tertiary/aromatic N) is 1. The zero-order valence-corrected chi connectivity index (χ0v) is 11.3. The second-order valence-corrected chi connectivity index (χ2v) is 5.76. The van der Waals surface area contributed by atoms with Crippen molar-refractivity contribution in [2.24, 2.45) is 5.92 Å². The van der Waals surface area contributed by atoms with Gasteiger partial charge in [0.15, 0.2) is 0 Å². The summed E-state index contributed by atoms with van der Waals surface area (Å²) in [5.41, 5.74) is 1.05. The van der Waals surface area contributed by atoms with Crippen LogP contribution in [-0.4, -0.2) is 11.6 Å². The predicted molar refractivity (Wildman–Crippen MR) is 67.8 cm³/mol. The Balaban J connectivity index is 2.22. The molecule has 1 aromatic rings. The van der Waals surface area contributed by atoms with Gasteiger partial charge in [0.1, 0.15) is 10.6 Å². The lowest BCUT2D eigenvalue weighted by atomic mass is 9.79. The topological polar surface area (TPSA) is 22.1 Å². The highest BCUT2D eigenvalue weighted by atomic mass is 32.1. The average Bonchev–Trinajstić information content (AvgIpc) is 2.70. The van der Waals surface area contributed by atoms with Crippen LogP contribution in [0.1, 0.15) is 50.2 Å². The van der Waals surface area contributed by atoms with Gasteiger partial charge in [-0.15, -0.1) is 11.3 Å². The third-order valence-electron chi connectivity index (χ3n) is 3.51. The van der Waals surface area contributed by atoms with E-state index < -0.39 is 0 Å². The van der Waals surface area contributed by atoms with E-state index in [-0.39, 0.29) is 5.60 Å². The van der Waals surface area contributed by atoms with E-state index in [1.807, 2.05) is 0 Å². The van der Waals surface area contributed by atoms with Crippen LogP contribution in [0.4, 0.5) is 0 Å². The van der Waals surface area contributed by atoms with Crippen molar-refractivity contribution in [3.8, 4) is 0 Å². The summed E-state index contributed by atoms with van der Waals surface area (Å²) in [4.78, 5) is 4.64. The quantitative estimate of drug-likeness (QED) is 0.798. The molecule has 1 heterocycles. The van der Waals surface area contributed by atoms with Crippen LogP contribution in [0.3, 0.4) is 0 Å². The lowest BCUT2D eigenvalue weighted by molar-refractivity contribution is -0.0776. The lowest BCUT2D eigenvalue weighted by Crippen LogP contribution is -2.34. The molecule has 2 nitrogen and oxygen atoms in total. The van der Waals surface area contributed by atoms with Crippen LogP contribution in [0.2, 0.25) is 0 Å². The Labute approximate surface area is 102 Å². The van der Waals surface area contributed by atoms with E-state index in [0.717, 1.165) is 31.1 Å². The van der Waals surface area contributed by atoms with Gasteiger partial charge in [0.25, 0.3) is 0 Å². The molecule has 0 spiro atoms. The number of aryl methyl sites for hydroxylation is 1. The van der Waals surface area contributed by atoms with Gasteiger partial charge in [0, 0.05) is 17.7 Å². The second-order valence-electron chi connectivity index (χ2n) is 4.90. The van der Waals surface area contributed by atoms with Gasteiger partial charge in [-0.25, -0.2) is 4.98 Å². The summed E-state index contributed by atoms with van der Waals surface area (Å²) in [7, 11) is 0. The van der Waals surface area contributed by atoms with Gasteiger partial charge in [0.2, 0.25) is 0 Å². The minimum Gasteiger partial charge on any atom is -0.368 e. The molecule has 90 valence electrons. The average molecular weight is 239 g/mol. The van der Waals surface area contributed by atoms with E-state index in [9.17, 15) is 0 Å². The number of aromatic nitrogens is 1. The summed E-state index contributed by atoms with van der Waals surface area (Å²) in [5, 5.41) is 3.33. The maximum absolute atomic E-state index is 6.07. The number of thiazole rings is 1. The second kappa shape index (κ2) is 4.84. The standard InChI is InChI=1S/C13H21NOS/c1-4-15-13(7-5-10(2)6-8-13)12-14-11(3)9-16-12/h9-10H,4-8H2,1-3H3. The molecule has 3 heteroatoms. The molecule has 0 N–H and O–H groups in total. The van der Waals surface area contributed by atoms with Crippen LogP contribution in [0.25, 0.3) is 0 Å². The first kappa shape index (κ1) is 12.1. The monoisotopic (exact) mass is 239 g/mol. The first-order chi connectivity index (χ1) is 7.66. The van der Waals surface area contributed by atoms with Crippen LogP contribution in [-0.2, 0) is 10.3 Å². The Bertz CT molecular complexity index is 339. The minimum atomic E-state index is -0.0693. The molecular formula is C13H21NOS. The fourth-order valence-corrected chi connectivity index (χ4v) is 3.50. The number of ether oxygens (including phenoxy) is 1. The maximum atomic E-state index is 6.07. The van der Waals surface area contributed by atoms with Crippen LogP contribution in [0.15, 0.2) is 5.38 Å². The van der Waals surface area contributed by atoms with Crippen molar-refractivity contribution in [1.82, 2.24) is 4.98 Å². The minimum absolute atomic E-state index is 0.0693. The Morgan fingerprint density at radius 3 is 2.69 bits per heavy atom. The summed E-state index contributed by atoms with van der Waals surface area (Å²) in [6, 6.07) is 0. The largest absolute Gasteiger partial charge is 0.368 e. The highest BCUT2D eigenvalue weighted by Gasteiger charge is 2.38. The Morgan fingerprint density at radius 1 is 1.50 bits per heavy atom. The van der Waals surface area contributed by atoms with E-state index in [1.54, 1.807) is 11.3 Å². The smallest absolute Gasteiger partial charge is 0.125 e. The van der Waals surface area contributed by atoms with Crippen molar-refractivity contribution >= 4 is 11.3 Å². The van der Waals surface area contributed by atoms with Crippen molar-refractivity contribution in [2.45, 2.75) is 52.1 Å². The lowest BCUT2D eigenvalue weighted by Gasteiger charge is -2.37. The van der Waals surface area contributed by atoms with E-state index in [4.69, 9.17) is 4.74 Å². The number of hydrogen-bond acceptors (Lipinski definition) is 3. The zero-order valence-electron chi connectivity index (χ0n) is 10.5. The first-order valence-corrected chi connectivity index (χ1v) is 7.11. The van der Waals surface area contributed by atoms with Crippen LogP contribution < -0.4 is 0 Å². The van der Waals surface area contributed by atoms with Crippen molar-refractivity contribution in [1.29, 1.82) is 0 Å². The highest BCUT2D eigenvalue weighted by molar-refractivity contribution is 7.09. The highest BCUT2D eigenvalue weighted by Crippen LogP contribution is 2.43. The first-order valence-electron chi connectivity index (χ1n) is 6.23. The summed E-state index contributed by atoms with van der Waals surface area (Å²) >= 11 is 1.76. The van der Waals surface area contributed by atoms with Gasteiger partial charge in [-0.3, -0.25) is 0 Å². The van der Waals surface area contributed by atoms with E-state index in [0.29, 0.717) is 0 Å². The molecule has 0 saturated heterocycles. The van der Waals surface area contributed by atoms with Crippen LogP contribution >= 0.6 is 11.3 Å². The molecule has 0 atom stereocenters. The summed E-state index contributed by atoms with van der Waals surface area (Å²) in [5.74, 6) is 0.842. The third kappa shape index (κ3) is 2.30. The number of rotatable bonds is 3. The fraction of sp³-hybridized carbons (Fsp3) is 0.769. The molecule has 0 radical (unpaired) electrons. The molecule has 1 aliphatic rings. The normalized spacial score (nSPS) is 30.6. The van der Waals surface area contributed by atoms with Crippen molar-refractivity contribution in [3.05, 3.63) is 16.1 Å². The van der Waals surface area contributed by atoms with Gasteiger partial charge in [-0.2, -0.15) is 0 Å². The molecule has 0 aliphatic heterocycles. The van der Waals surface area contributed by atoms with Gasteiger partial charge >= 0.3 is 0 Å². The van der Waals surface area contributed by atoms with Gasteiger partial charge in [0.05, 0.1) is 0 Å². The molecular weight excluding hydrogens is 218 g/mol. The Hall–Kier alpha value is -0.410. The summed E-state index contributed by atoms with van der Waals surface area (Å²) in [6.45, 7) is 7.27. The molecule has 0 bridgehead atoms. The van der Waals surface area contributed by atoms with E-state index in [1.165, 1.54) is 17.8 Å². The molecule has 1 aliphatic carbocycles. The van der Waals surface area contributed by atoms with Crippen molar-refractivity contribution in [2.75, 3.05) is 6.61 Å². The van der Waals surface area contributed by atoms with E-state index >= 15 is 0 Å². The number of hydrogen-bond donors (Lipinski definition) is 0. The van der Waals surface area contributed by atoms with Crippen LogP contribution in [0.5, 0.6) is 0 Å². The molecule has 0 amide bonds. The van der Waals surface area contributed by atoms with Crippen molar-refractivity contribution < 1.29 is 4.74 Å². The fourth-order valence-electron chi connectivity index (χ4n) is 2.49. The third-order valence-corrected chi connectivity index (χ3v) is 4.66. The van der Waals surface area contributed by atoms with E-state index in [2.05, 4.69) is 31.1 Å².